The van der Waals surface area contributed by atoms with Gasteiger partial charge in [-0.05, 0) is 61.9 Å². The number of benzene rings is 2. The Morgan fingerprint density at radius 1 is 1.03 bits per heavy atom. The number of urea groups is 1. The smallest absolute Gasteiger partial charge is 0.337 e. The molecule has 0 saturated carbocycles. The summed E-state index contributed by atoms with van der Waals surface area (Å²) in [7, 11) is 4.89. The Kier molecular flexibility index (Phi) is 6.77. The summed E-state index contributed by atoms with van der Waals surface area (Å²) in [6, 6.07) is 12.1. The lowest BCUT2D eigenvalue weighted by Crippen LogP contribution is -2.41. The molecule has 4 rings (SSSR count). The average Bonchev–Trinajstić information content (AvgIpc) is 2.98. The van der Waals surface area contributed by atoms with Crippen molar-refractivity contribution in [3.8, 4) is 11.5 Å². The summed E-state index contributed by atoms with van der Waals surface area (Å²) in [5.41, 5.74) is 4.95. The van der Waals surface area contributed by atoms with Crippen molar-refractivity contribution in [3.63, 3.8) is 0 Å². The van der Waals surface area contributed by atoms with Gasteiger partial charge in [-0.15, -0.1) is 0 Å². The predicted octanol–water partition coefficient (Wildman–Crippen LogP) is 4.28. The predicted molar refractivity (Wildman–Crippen MR) is 132 cm³/mol. The minimum absolute atomic E-state index is 0.117. The Bertz CT molecular complexity index is 1030. The quantitative estimate of drug-likeness (QED) is 0.755. The molecule has 1 N–H and O–H groups in total. The first kappa shape index (κ1) is 23.0. The third kappa shape index (κ3) is 4.63. The number of fused-ring (bicyclic) bond motifs is 1. The Morgan fingerprint density at radius 2 is 1.67 bits per heavy atom. The molecule has 2 aliphatic heterocycles. The summed E-state index contributed by atoms with van der Waals surface area (Å²) in [5, 5.41) is 9.10. The highest BCUT2D eigenvalue weighted by Crippen LogP contribution is 2.35. The second kappa shape index (κ2) is 9.73. The zero-order valence-corrected chi connectivity index (χ0v) is 20.2. The van der Waals surface area contributed by atoms with E-state index in [-0.39, 0.29) is 12.1 Å². The number of nitrogens with one attached hydrogen (secondary N) is 1. The lowest BCUT2D eigenvalue weighted by molar-refractivity contribution is 0.184. The van der Waals surface area contributed by atoms with Crippen molar-refractivity contribution in [1.82, 2.24) is 10.3 Å². The molecule has 1 unspecified atom stereocenters. The summed E-state index contributed by atoms with van der Waals surface area (Å²) < 4.78 is 11.1. The minimum atomic E-state index is -0.231. The van der Waals surface area contributed by atoms with Crippen molar-refractivity contribution in [2.75, 3.05) is 39.3 Å². The first-order valence-corrected chi connectivity index (χ1v) is 11.6. The summed E-state index contributed by atoms with van der Waals surface area (Å²) in [6.07, 6.45) is 3.10. The standard InChI is InChI=1S/C26H34N4O3/c1-17-10-12-29(13-11-17)21-8-6-19(7-9-21)25-22-16-24(33-5)23(32-4)15-20(22)14-18(2)30(28-25)26(31)27-3/h6-9,15-18H,10-14H2,1-5H3,(H,27,31). The van der Waals surface area contributed by atoms with E-state index in [1.165, 1.54) is 23.5 Å². The molecule has 1 saturated heterocycles. The number of nitrogens with zero attached hydrogens (tertiary/aromatic N) is 3. The van der Waals surface area contributed by atoms with Crippen molar-refractivity contribution in [2.45, 2.75) is 39.2 Å². The number of rotatable bonds is 4. The lowest BCUT2D eigenvalue weighted by Gasteiger charge is -2.32. The maximum absolute atomic E-state index is 12.6. The monoisotopic (exact) mass is 450 g/mol. The Morgan fingerprint density at radius 3 is 2.27 bits per heavy atom. The first-order chi connectivity index (χ1) is 15.9. The summed E-state index contributed by atoms with van der Waals surface area (Å²) in [6.45, 7) is 6.50. The summed E-state index contributed by atoms with van der Waals surface area (Å²) >= 11 is 0. The number of hydrogen-bond acceptors (Lipinski definition) is 5. The Hall–Kier alpha value is -3.22. The van der Waals surface area contributed by atoms with Crippen LogP contribution in [0.25, 0.3) is 0 Å². The van der Waals surface area contributed by atoms with Crippen LogP contribution in [-0.2, 0) is 6.42 Å². The van der Waals surface area contributed by atoms with E-state index >= 15 is 0 Å². The molecule has 2 aromatic rings. The second-order valence-electron chi connectivity index (χ2n) is 8.98. The van der Waals surface area contributed by atoms with Crippen LogP contribution < -0.4 is 19.7 Å². The molecule has 2 aliphatic rings. The molecule has 7 nitrogen and oxygen atoms in total. The normalized spacial score (nSPS) is 18.8. The van der Waals surface area contributed by atoms with Gasteiger partial charge in [-0.3, -0.25) is 0 Å². The Labute approximate surface area is 196 Å². The van der Waals surface area contributed by atoms with Gasteiger partial charge in [0.2, 0.25) is 0 Å². The van der Waals surface area contributed by atoms with Crippen molar-refractivity contribution in [3.05, 3.63) is 53.1 Å². The van der Waals surface area contributed by atoms with E-state index in [2.05, 4.69) is 41.4 Å². The molecular weight excluding hydrogens is 416 g/mol. The van der Waals surface area contributed by atoms with E-state index in [4.69, 9.17) is 14.6 Å². The summed E-state index contributed by atoms with van der Waals surface area (Å²) in [4.78, 5) is 15.1. The van der Waals surface area contributed by atoms with E-state index in [0.29, 0.717) is 17.9 Å². The number of carbonyl (C=O) groups is 1. The Balaban J connectivity index is 1.77. The van der Waals surface area contributed by atoms with Gasteiger partial charge in [-0.2, -0.15) is 5.10 Å². The fourth-order valence-corrected chi connectivity index (χ4v) is 4.65. The highest BCUT2D eigenvalue weighted by molar-refractivity contribution is 6.14. The molecule has 0 spiro atoms. The lowest BCUT2D eigenvalue weighted by atomic mass is 9.93. The van der Waals surface area contributed by atoms with Crippen LogP contribution in [0.4, 0.5) is 10.5 Å². The molecule has 176 valence electrons. The largest absolute Gasteiger partial charge is 0.493 e. The number of ether oxygens (including phenoxy) is 2. The molecular formula is C26H34N4O3. The van der Waals surface area contributed by atoms with Crippen LogP contribution in [0.15, 0.2) is 41.5 Å². The van der Waals surface area contributed by atoms with E-state index in [0.717, 1.165) is 41.4 Å². The average molecular weight is 451 g/mol. The molecule has 0 aromatic heterocycles. The molecule has 0 aliphatic carbocycles. The van der Waals surface area contributed by atoms with Crippen LogP contribution in [0, 0.1) is 5.92 Å². The first-order valence-electron chi connectivity index (χ1n) is 11.6. The minimum Gasteiger partial charge on any atom is -0.493 e. The molecule has 2 heterocycles. The summed E-state index contributed by atoms with van der Waals surface area (Å²) in [5.74, 6) is 2.11. The number of piperidine rings is 1. The van der Waals surface area contributed by atoms with Gasteiger partial charge in [0.15, 0.2) is 11.5 Å². The van der Waals surface area contributed by atoms with Crippen molar-refractivity contribution in [2.24, 2.45) is 11.0 Å². The molecule has 1 fully saturated rings. The molecule has 33 heavy (non-hydrogen) atoms. The van der Waals surface area contributed by atoms with Gasteiger partial charge in [0.25, 0.3) is 0 Å². The van der Waals surface area contributed by atoms with Gasteiger partial charge in [0.05, 0.1) is 26.0 Å². The van der Waals surface area contributed by atoms with Gasteiger partial charge >= 0.3 is 6.03 Å². The van der Waals surface area contributed by atoms with Gasteiger partial charge in [-0.25, -0.2) is 9.80 Å². The SMILES string of the molecule is CNC(=O)N1N=C(c2ccc(N3CCC(C)CC3)cc2)c2cc(OC)c(OC)cc2CC1C. The van der Waals surface area contributed by atoms with E-state index in [1.807, 2.05) is 19.1 Å². The highest BCUT2D eigenvalue weighted by Gasteiger charge is 2.28. The number of hydrogen-bond donors (Lipinski definition) is 1. The number of carbonyl (C=O) groups excluding carboxylic acids is 1. The third-order valence-corrected chi connectivity index (χ3v) is 6.72. The van der Waals surface area contributed by atoms with Crippen molar-refractivity contribution >= 4 is 17.4 Å². The van der Waals surface area contributed by atoms with Crippen LogP contribution in [0.3, 0.4) is 0 Å². The fraction of sp³-hybridized carbons (Fsp3) is 0.462. The van der Waals surface area contributed by atoms with E-state index in [9.17, 15) is 4.79 Å². The van der Waals surface area contributed by atoms with Crippen LogP contribution in [0.5, 0.6) is 11.5 Å². The second-order valence-corrected chi connectivity index (χ2v) is 8.98. The zero-order chi connectivity index (χ0) is 23.5. The van der Waals surface area contributed by atoms with Crippen molar-refractivity contribution < 1.29 is 14.3 Å². The van der Waals surface area contributed by atoms with E-state index < -0.39 is 0 Å². The highest BCUT2D eigenvalue weighted by atomic mass is 16.5. The number of hydrazone groups is 1. The molecule has 0 radical (unpaired) electrons. The number of methoxy groups -OCH3 is 2. The molecule has 0 bridgehead atoms. The van der Waals surface area contributed by atoms with Crippen molar-refractivity contribution in [1.29, 1.82) is 0 Å². The van der Waals surface area contributed by atoms with Crippen LogP contribution in [0.1, 0.15) is 43.4 Å². The zero-order valence-electron chi connectivity index (χ0n) is 20.2. The van der Waals surface area contributed by atoms with Gasteiger partial charge in [0.1, 0.15) is 0 Å². The van der Waals surface area contributed by atoms with Gasteiger partial charge in [0, 0.05) is 37.0 Å². The number of anilines is 1. The maximum Gasteiger partial charge on any atom is 0.337 e. The molecule has 1 atom stereocenters. The van der Waals surface area contributed by atoms with Gasteiger partial charge < -0.3 is 19.7 Å². The number of amides is 2. The topological polar surface area (TPSA) is 66.4 Å². The van der Waals surface area contributed by atoms with Gasteiger partial charge in [-0.1, -0.05) is 19.1 Å². The van der Waals surface area contributed by atoms with Crippen LogP contribution >= 0.6 is 0 Å². The maximum atomic E-state index is 12.6. The molecule has 7 heteroatoms. The molecule has 2 aromatic carbocycles. The van der Waals surface area contributed by atoms with Crippen LogP contribution in [0.2, 0.25) is 0 Å². The third-order valence-electron chi connectivity index (χ3n) is 6.72. The van der Waals surface area contributed by atoms with Crippen LogP contribution in [-0.4, -0.2) is 57.2 Å². The fourth-order valence-electron chi connectivity index (χ4n) is 4.65. The molecule has 2 amide bonds. The van der Waals surface area contributed by atoms with E-state index in [1.54, 1.807) is 21.3 Å².